The summed E-state index contributed by atoms with van der Waals surface area (Å²) in [4.78, 5) is 19.8. The minimum absolute atomic E-state index is 0.193. The van der Waals surface area contributed by atoms with Gasteiger partial charge in [-0.1, -0.05) is 44.2 Å². The van der Waals surface area contributed by atoms with E-state index < -0.39 is 11.8 Å². The smallest absolute Gasteiger partial charge is 0.430 e. The number of carbonyl (C=O) groups excluding carboxylic acids is 1. The van der Waals surface area contributed by atoms with Crippen LogP contribution < -0.4 is 0 Å². The molecule has 0 saturated carbocycles. The van der Waals surface area contributed by atoms with Crippen molar-refractivity contribution in [2.75, 3.05) is 0 Å². The monoisotopic (exact) mass is 296 g/mol. The maximum Gasteiger partial charge on any atom is 0.540 e. The molecule has 0 atom stereocenters. The highest BCUT2D eigenvalue weighted by atomic mass is 17.2. The van der Waals surface area contributed by atoms with Gasteiger partial charge in [-0.3, -0.25) is 4.89 Å². The summed E-state index contributed by atoms with van der Waals surface area (Å²) in [6, 6.07) is 10.5. The molecule has 0 N–H and O–H groups in total. The van der Waals surface area contributed by atoms with E-state index in [1.807, 2.05) is 6.07 Å². The molecule has 1 rings (SSSR count). The summed E-state index contributed by atoms with van der Waals surface area (Å²) >= 11 is 0. The van der Waals surface area contributed by atoms with Crippen molar-refractivity contribution >= 4 is 6.16 Å². The number of hydrogen-bond acceptors (Lipinski definition) is 4. The fourth-order valence-electron chi connectivity index (χ4n) is 1.21. The second-order valence-corrected chi connectivity index (χ2v) is 6.26. The maximum atomic E-state index is 10.7. The Kier molecular flexibility index (Phi) is 8.70. The van der Waals surface area contributed by atoms with Gasteiger partial charge >= 0.3 is 6.16 Å². The number of carbonyl (C=O) groups is 1. The lowest BCUT2D eigenvalue weighted by Gasteiger charge is -2.16. The molecule has 0 saturated heterocycles. The summed E-state index contributed by atoms with van der Waals surface area (Å²) in [5, 5.41) is 0. The third-order valence-electron chi connectivity index (χ3n) is 2.16. The number of rotatable bonds is 3. The molecule has 0 aromatic heterocycles. The molecule has 0 amide bonds. The van der Waals surface area contributed by atoms with Gasteiger partial charge in [0.25, 0.3) is 0 Å². The highest BCUT2D eigenvalue weighted by molar-refractivity contribution is 5.59. The molecule has 0 aliphatic rings. The van der Waals surface area contributed by atoms with Gasteiger partial charge in [-0.2, -0.15) is 4.89 Å². The van der Waals surface area contributed by atoms with Crippen molar-refractivity contribution in [2.45, 2.75) is 66.1 Å². The van der Waals surface area contributed by atoms with Gasteiger partial charge in [0.2, 0.25) is 0 Å². The molecule has 0 radical (unpaired) electrons. The molecule has 21 heavy (non-hydrogen) atoms. The van der Waals surface area contributed by atoms with Crippen LogP contribution in [0.1, 0.15) is 59.9 Å². The number of ether oxygens (including phenoxy) is 1. The molecule has 120 valence electrons. The van der Waals surface area contributed by atoms with E-state index in [1.54, 1.807) is 34.6 Å². The van der Waals surface area contributed by atoms with Crippen LogP contribution in [-0.2, 0) is 14.5 Å². The zero-order valence-corrected chi connectivity index (χ0v) is 14.2. The molecule has 0 bridgehead atoms. The fourth-order valence-corrected chi connectivity index (χ4v) is 1.21. The lowest BCUT2D eigenvalue weighted by molar-refractivity contribution is -0.313. The molecule has 0 fully saturated rings. The summed E-state index contributed by atoms with van der Waals surface area (Å²) < 4.78 is 4.66. The van der Waals surface area contributed by atoms with Gasteiger partial charge in [0.05, 0.1) is 6.10 Å². The first-order valence-electron chi connectivity index (χ1n) is 7.23. The van der Waals surface area contributed by atoms with Gasteiger partial charge in [0, 0.05) is 0 Å². The first-order valence-corrected chi connectivity index (χ1v) is 7.23. The second kappa shape index (κ2) is 9.40. The summed E-state index contributed by atoms with van der Waals surface area (Å²) in [6.07, 6.45) is -0.999. The Bertz CT molecular complexity index is 391. The highest BCUT2D eigenvalue weighted by Crippen LogP contribution is 2.11. The van der Waals surface area contributed by atoms with Crippen LogP contribution in [0.3, 0.4) is 0 Å². The standard InChI is InChI=1S/C9H12.C8H16O4/c1-8(2)9-6-4-3-5-7-9;1-6(2)10-7(9)11-12-8(3,4)5/h3-8H,1-2H3;6H,1-5H3. The van der Waals surface area contributed by atoms with Crippen LogP contribution in [0.25, 0.3) is 0 Å². The van der Waals surface area contributed by atoms with Crippen molar-refractivity contribution in [1.82, 2.24) is 0 Å². The fraction of sp³-hybridized carbons (Fsp3) is 0.588. The topological polar surface area (TPSA) is 44.8 Å². The predicted molar refractivity (Wildman–Crippen MR) is 84.1 cm³/mol. The summed E-state index contributed by atoms with van der Waals surface area (Å²) in [7, 11) is 0. The first-order chi connectivity index (χ1) is 9.61. The van der Waals surface area contributed by atoms with E-state index in [0.717, 1.165) is 0 Å². The van der Waals surface area contributed by atoms with Crippen LogP contribution in [0.4, 0.5) is 4.79 Å². The van der Waals surface area contributed by atoms with Gasteiger partial charge in [0.15, 0.2) is 0 Å². The third kappa shape index (κ3) is 11.9. The van der Waals surface area contributed by atoms with Gasteiger partial charge in [-0.25, -0.2) is 4.79 Å². The van der Waals surface area contributed by atoms with Crippen molar-refractivity contribution in [3.8, 4) is 0 Å². The molecule has 0 aliphatic carbocycles. The van der Waals surface area contributed by atoms with Gasteiger partial charge < -0.3 is 4.74 Å². The molecule has 1 aromatic carbocycles. The second-order valence-electron chi connectivity index (χ2n) is 6.26. The summed E-state index contributed by atoms with van der Waals surface area (Å²) in [5.41, 5.74) is 0.910. The van der Waals surface area contributed by atoms with Crippen molar-refractivity contribution in [1.29, 1.82) is 0 Å². The minimum Gasteiger partial charge on any atom is -0.430 e. The summed E-state index contributed by atoms with van der Waals surface area (Å²) in [5.74, 6) is 0.659. The Labute approximate surface area is 128 Å². The average Bonchev–Trinajstić information content (AvgIpc) is 2.37. The van der Waals surface area contributed by atoms with Crippen molar-refractivity contribution in [3.05, 3.63) is 35.9 Å². The Morgan fingerprint density at radius 1 is 1.00 bits per heavy atom. The van der Waals surface area contributed by atoms with Gasteiger partial charge in [-0.15, -0.1) is 0 Å². The molecule has 0 aliphatic heterocycles. The number of hydrogen-bond donors (Lipinski definition) is 0. The zero-order valence-electron chi connectivity index (χ0n) is 14.2. The SMILES string of the molecule is CC(C)OC(=O)OOC(C)(C)C.CC(C)c1ccccc1. The quantitative estimate of drug-likeness (QED) is 0.443. The molecule has 4 nitrogen and oxygen atoms in total. The predicted octanol–water partition coefficient (Wildman–Crippen LogP) is 5.09. The van der Waals surface area contributed by atoms with Crippen LogP contribution in [0, 0.1) is 0 Å². The van der Waals surface area contributed by atoms with Crippen molar-refractivity contribution in [3.63, 3.8) is 0 Å². The van der Waals surface area contributed by atoms with Crippen molar-refractivity contribution in [2.24, 2.45) is 0 Å². The van der Waals surface area contributed by atoms with E-state index in [0.29, 0.717) is 5.92 Å². The number of benzene rings is 1. The highest BCUT2D eigenvalue weighted by Gasteiger charge is 2.16. The van der Waals surface area contributed by atoms with Crippen LogP contribution in [0.15, 0.2) is 30.3 Å². The first kappa shape index (κ1) is 19.4. The lowest BCUT2D eigenvalue weighted by Crippen LogP contribution is -2.23. The molecule has 1 aromatic rings. The maximum absolute atomic E-state index is 10.7. The van der Waals surface area contributed by atoms with E-state index in [4.69, 9.17) is 4.89 Å². The molecule has 0 spiro atoms. The Morgan fingerprint density at radius 3 is 1.86 bits per heavy atom. The average molecular weight is 296 g/mol. The van der Waals surface area contributed by atoms with E-state index in [9.17, 15) is 4.79 Å². The molecular weight excluding hydrogens is 268 g/mol. The molecule has 4 heteroatoms. The Hall–Kier alpha value is -1.55. The Morgan fingerprint density at radius 2 is 1.52 bits per heavy atom. The van der Waals surface area contributed by atoms with Crippen LogP contribution in [-0.4, -0.2) is 17.9 Å². The largest absolute Gasteiger partial charge is 0.540 e. The van der Waals surface area contributed by atoms with E-state index in [-0.39, 0.29) is 6.10 Å². The lowest BCUT2D eigenvalue weighted by atomic mass is 10.0. The van der Waals surface area contributed by atoms with Crippen LogP contribution in [0.2, 0.25) is 0 Å². The van der Waals surface area contributed by atoms with Crippen LogP contribution >= 0.6 is 0 Å². The third-order valence-corrected chi connectivity index (χ3v) is 2.16. The molecular formula is C17H28O4. The van der Waals surface area contributed by atoms with Gasteiger partial charge in [0.1, 0.15) is 5.60 Å². The molecule has 0 heterocycles. The van der Waals surface area contributed by atoms with E-state index >= 15 is 0 Å². The van der Waals surface area contributed by atoms with E-state index in [1.165, 1.54) is 5.56 Å². The zero-order chi connectivity index (χ0) is 16.5. The van der Waals surface area contributed by atoms with Gasteiger partial charge in [-0.05, 0) is 46.1 Å². The Balaban J connectivity index is 0.000000394. The normalized spacial score (nSPS) is 10.9. The molecule has 0 unspecified atom stereocenters. The van der Waals surface area contributed by atoms with Crippen LogP contribution in [0.5, 0.6) is 0 Å². The van der Waals surface area contributed by atoms with E-state index in [2.05, 4.69) is 47.7 Å². The minimum atomic E-state index is -0.806. The van der Waals surface area contributed by atoms with Crippen molar-refractivity contribution < 1.29 is 19.3 Å². The summed E-state index contributed by atoms with van der Waals surface area (Å²) in [6.45, 7) is 13.2.